The summed E-state index contributed by atoms with van der Waals surface area (Å²) in [6.07, 6.45) is 7.90. The molecule has 0 aliphatic rings. The minimum atomic E-state index is -0.564. The van der Waals surface area contributed by atoms with E-state index >= 15 is 0 Å². The quantitative estimate of drug-likeness (QED) is 0.614. The van der Waals surface area contributed by atoms with Crippen molar-refractivity contribution in [2.24, 2.45) is 0 Å². The van der Waals surface area contributed by atoms with Gasteiger partial charge >= 0.3 is 5.97 Å². The smallest absolute Gasteiger partial charge is 0.361 e. The minimum absolute atomic E-state index is 0.0936. The molecule has 0 spiro atoms. The Balaban J connectivity index is 2.11. The maximum atomic E-state index is 12.1. The van der Waals surface area contributed by atoms with Crippen molar-refractivity contribution in [3.8, 4) is 0 Å². The lowest BCUT2D eigenvalue weighted by Crippen LogP contribution is -2.16. The van der Waals surface area contributed by atoms with Crippen LogP contribution in [0.5, 0.6) is 0 Å². The summed E-state index contributed by atoms with van der Waals surface area (Å²) in [5.41, 5.74) is 1.24. The van der Waals surface area contributed by atoms with Gasteiger partial charge in [-0.2, -0.15) is 10.2 Å². The van der Waals surface area contributed by atoms with Crippen LogP contribution in [0.3, 0.4) is 0 Å². The van der Waals surface area contributed by atoms with Crippen LogP contribution >= 0.6 is 0 Å². The van der Waals surface area contributed by atoms with Crippen LogP contribution < -0.4 is 5.32 Å². The number of carbonyl (C=O) groups excluding carboxylic acids is 2. The Bertz CT molecular complexity index is 773. The number of aryl methyl sites for hydroxylation is 2. The zero-order valence-corrected chi connectivity index (χ0v) is 14.9. The van der Waals surface area contributed by atoms with Gasteiger partial charge in [0, 0.05) is 37.1 Å². The van der Waals surface area contributed by atoms with Crippen molar-refractivity contribution in [3.63, 3.8) is 0 Å². The summed E-state index contributed by atoms with van der Waals surface area (Å²) in [6.45, 7) is 8.72. The first-order valence-corrected chi connectivity index (χ1v) is 8.22. The van der Waals surface area contributed by atoms with Crippen molar-refractivity contribution >= 4 is 23.6 Å². The summed E-state index contributed by atoms with van der Waals surface area (Å²) in [7, 11) is 0. The molecule has 0 bridgehead atoms. The highest BCUT2D eigenvalue weighted by Gasteiger charge is 2.20. The van der Waals surface area contributed by atoms with Crippen LogP contribution in [0.25, 0.3) is 6.08 Å². The Labute approximate surface area is 146 Å². The fourth-order valence-electron chi connectivity index (χ4n) is 2.08. The molecule has 2 rings (SSSR count). The summed E-state index contributed by atoms with van der Waals surface area (Å²) in [6, 6.07) is 0. The number of amides is 1. The summed E-state index contributed by atoms with van der Waals surface area (Å²) in [4.78, 5) is 24.3. The zero-order chi connectivity index (χ0) is 18.4. The van der Waals surface area contributed by atoms with Gasteiger partial charge in [0.25, 0.3) is 0 Å². The molecule has 0 aliphatic heterocycles. The van der Waals surface area contributed by atoms with Gasteiger partial charge < -0.3 is 10.1 Å². The Hall–Kier alpha value is -2.90. The molecule has 0 fully saturated rings. The predicted octanol–water partition coefficient (Wildman–Crippen LogP) is 2.34. The molecule has 0 unspecified atom stereocenters. The maximum absolute atomic E-state index is 12.1. The third-order valence-electron chi connectivity index (χ3n) is 3.28. The van der Waals surface area contributed by atoms with Gasteiger partial charge in [0.15, 0.2) is 5.69 Å². The van der Waals surface area contributed by atoms with E-state index in [1.54, 1.807) is 41.7 Å². The second kappa shape index (κ2) is 8.27. The third-order valence-corrected chi connectivity index (χ3v) is 3.28. The first-order valence-electron chi connectivity index (χ1n) is 8.22. The SMILES string of the molecule is CCn1cc(/C=C/C(=O)Nc2cn(CC)nc2C(=O)OC(C)C)cn1. The van der Waals surface area contributed by atoms with E-state index in [1.165, 1.54) is 6.08 Å². The maximum Gasteiger partial charge on any atom is 0.361 e. The second-order valence-corrected chi connectivity index (χ2v) is 5.65. The molecule has 0 atom stereocenters. The number of carbonyl (C=O) groups is 2. The number of ether oxygens (including phenoxy) is 1. The van der Waals surface area contributed by atoms with Crippen molar-refractivity contribution < 1.29 is 14.3 Å². The van der Waals surface area contributed by atoms with Crippen LogP contribution in [0.15, 0.2) is 24.7 Å². The van der Waals surface area contributed by atoms with Gasteiger partial charge in [-0.15, -0.1) is 0 Å². The molecule has 0 aliphatic carbocycles. The van der Waals surface area contributed by atoms with Crippen molar-refractivity contribution in [2.45, 2.75) is 46.9 Å². The standard InChI is InChI=1S/C17H23N5O3/c1-5-21-10-13(9-18-21)7-8-15(23)19-14-11-22(6-2)20-16(14)17(24)25-12(3)4/h7-12H,5-6H2,1-4H3,(H,19,23)/b8-7+. The molecule has 0 saturated carbocycles. The average Bonchev–Trinajstić information content (AvgIpc) is 3.18. The fraction of sp³-hybridized carbons (Fsp3) is 0.412. The van der Waals surface area contributed by atoms with Crippen LogP contribution in [0.1, 0.15) is 43.7 Å². The third kappa shape index (κ3) is 5.03. The molecular weight excluding hydrogens is 322 g/mol. The molecular formula is C17H23N5O3. The van der Waals surface area contributed by atoms with Gasteiger partial charge in [-0.05, 0) is 33.8 Å². The molecule has 0 saturated heterocycles. The molecule has 0 radical (unpaired) electrons. The molecule has 0 aromatic carbocycles. The van der Waals surface area contributed by atoms with Crippen molar-refractivity contribution in [3.05, 3.63) is 35.9 Å². The molecule has 25 heavy (non-hydrogen) atoms. The molecule has 134 valence electrons. The summed E-state index contributed by atoms with van der Waals surface area (Å²) in [5, 5.41) is 11.0. The van der Waals surface area contributed by atoms with Crippen molar-refractivity contribution in [1.29, 1.82) is 0 Å². The van der Waals surface area contributed by atoms with Crippen LogP contribution in [0.2, 0.25) is 0 Å². The Morgan fingerprint density at radius 3 is 2.56 bits per heavy atom. The lowest BCUT2D eigenvalue weighted by molar-refractivity contribution is -0.111. The van der Waals surface area contributed by atoms with E-state index in [0.717, 1.165) is 12.1 Å². The number of hydrogen-bond donors (Lipinski definition) is 1. The van der Waals surface area contributed by atoms with Crippen LogP contribution in [0.4, 0.5) is 5.69 Å². The van der Waals surface area contributed by atoms with Gasteiger partial charge in [-0.1, -0.05) is 0 Å². The normalized spacial score (nSPS) is 11.2. The fourth-order valence-corrected chi connectivity index (χ4v) is 2.08. The lowest BCUT2D eigenvalue weighted by atomic mass is 10.3. The van der Waals surface area contributed by atoms with Gasteiger partial charge in [0.05, 0.1) is 18.0 Å². The summed E-state index contributed by atoms with van der Waals surface area (Å²) < 4.78 is 8.50. The second-order valence-electron chi connectivity index (χ2n) is 5.65. The summed E-state index contributed by atoms with van der Waals surface area (Å²) in [5.74, 6) is -0.927. The Morgan fingerprint density at radius 2 is 1.96 bits per heavy atom. The number of anilines is 1. The van der Waals surface area contributed by atoms with E-state index in [9.17, 15) is 9.59 Å². The van der Waals surface area contributed by atoms with E-state index in [4.69, 9.17) is 4.74 Å². The van der Waals surface area contributed by atoms with E-state index in [2.05, 4.69) is 15.5 Å². The molecule has 2 heterocycles. The van der Waals surface area contributed by atoms with Crippen molar-refractivity contribution in [1.82, 2.24) is 19.6 Å². The van der Waals surface area contributed by atoms with E-state index in [-0.39, 0.29) is 17.7 Å². The van der Waals surface area contributed by atoms with Gasteiger partial charge in [-0.3, -0.25) is 14.2 Å². The molecule has 8 nitrogen and oxygen atoms in total. The average molecular weight is 345 g/mol. The lowest BCUT2D eigenvalue weighted by Gasteiger charge is -2.07. The first-order chi connectivity index (χ1) is 11.9. The Kier molecular flexibility index (Phi) is 6.10. The van der Waals surface area contributed by atoms with Crippen LogP contribution in [-0.2, 0) is 22.6 Å². The van der Waals surface area contributed by atoms with Crippen LogP contribution in [-0.4, -0.2) is 37.5 Å². The first kappa shape index (κ1) is 18.4. The number of nitrogens with one attached hydrogen (secondary N) is 1. The van der Waals surface area contributed by atoms with E-state index < -0.39 is 5.97 Å². The van der Waals surface area contributed by atoms with Gasteiger partial charge in [0.2, 0.25) is 5.91 Å². The number of esters is 1. The highest BCUT2D eigenvalue weighted by Crippen LogP contribution is 2.16. The topological polar surface area (TPSA) is 91.0 Å². The van der Waals surface area contributed by atoms with Gasteiger partial charge in [-0.25, -0.2) is 4.79 Å². The monoisotopic (exact) mass is 345 g/mol. The molecule has 1 N–H and O–H groups in total. The minimum Gasteiger partial charge on any atom is -0.458 e. The molecule has 2 aromatic rings. The highest BCUT2D eigenvalue weighted by molar-refractivity contribution is 6.05. The van der Waals surface area contributed by atoms with E-state index in [1.807, 2.05) is 20.0 Å². The highest BCUT2D eigenvalue weighted by atomic mass is 16.5. The molecule has 1 amide bonds. The van der Waals surface area contributed by atoms with Crippen molar-refractivity contribution in [2.75, 3.05) is 5.32 Å². The summed E-state index contributed by atoms with van der Waals surface area (Å²) >= 11 is 0. The number of aromatic nitrogens is 4. The molecule has 2 aromatic heterocycles. The zero-order valence-electron chi connectivity index (χ0n) is 14.9. The number of rotatable bonds is 7. The molecule has 8 heteroatoms. The predicted molar refractivity (Wildman–Crippen MR) is 94.0 cm³/mol. The van der Waals surface area contributed by atoms with Gasteiger partial charge in [0.1, 0.15) is 0 Å². The van der Waals surface area contributed by atoms with E-state index in [0.29, 0.717) is 12.2 Å². The largest absolute Gasteiger partial charge is 0.458 e. The van der Waals surface area contributed by atoms with Crippen LogP contribution in [0, 0.1) is 0 Å². The number of nitrogens with zero attached hydrogens (tertiary/aromatic N) is 4. The Morgan fingerprint density at radius 1 is 1.24 bits per heavy atom. The number of hydrogen-bond acceptors (Lipinski definition) is 5.